The average Bonchev–Trinajstić information content (AvgIpc) is 3.02. The molecule has 0 radical (unpaired) electrons. The van der Waals surface area contributed by atoms with Crippen molar-refractivity contribution >= 4 is 54.5 Å². The SMILES string of the molecule is Brc1cccc2c(-c3ccc(-c4ccc(N(c5ccccc5)c5cccc6ccccc56)cc4)cc3)cccc12. The van der Waals surface area contributed by atoms with Gasteiger partial charge in [-0.25, -0.2) is 0 Å². The lowest BCUT2D eigenvalue weighted by molar-refractivity contribution is 1.30. The molecule has 40 heavy (non-hydrogen) atoms. The number of benzene rings is 7. The largest absolute Gasteiger partial charge is 0.310 e. The summed E-state index contributed by atoms with van der Waals surface area (Å²) in [6.45, 7) is 0. The summed E-state index contributed by atoms with van der Waals surface area (Å²) in [5, 5.41) is 4.95. The summed E-state index contributed by atoms with van der Waals surface area (Å²) in [7, 11) is 0. The van der Waals surface area contributed by atoms with Gasteiger partial charge in [0.05, 0.1) is 5.69 Å². The van der Waals surface area contributed by atoms with E-state index in [1.54, 1.807) is 0 Å². The first-order chi connectivity index (χ1) is 19.8. The standard InChI is InChI=1S/C38H26BrN/c39-37-17-8-15-35-33(14-7-16-36(35)37)30-21-19-27(20-22-30)28-23-25-32(26-24-28)40(31-11-2-1-3-12-31)38-18-6-10-29-9-4-5-13-34(29)38/h1-26H. The van der Waals surface area contributed by atoms with Crippen LogP contribution in [-0.4, -0.2) is 0 Å². The molecule has 0 aliphatic carbocycles. The van der Waals surface area contributed by atoms with E-state index in [1.165, 1.54) is 49.5 Å². The number of nitrogens with zero attached hydrogens (tertiary/aromatic N) is 1. The van der Waals surface area contributed by atoms with Crippen LogP contribution >= 0.6 is 15.9 Å². The summed E-state index contributed by atoms with van der Waals surface area (Å²) >= 11 is 3.70. The fourth-order valence-corrected chi connectivity index (χ4v) is 6.07. The molecule has 7 aromatic carbocycles. The minimum absolute atomic E-state index is 1.12. The summed E-state index contributed by atoms with van der Waals surface area (Å²) in [5.41, 5.74) is 8.30. The number of halogens is 1. The zero-order valence-electron chi connectivity index (χ0n) is 21.8. The van der Waals surface area contributed by atoms with E-state index in [-0.39, 0.29) is 0 Å². The molecule has 0 fully saturated rings. The molecule has 0 N–H and O–H groups in total. The van der Waals surface area contributed by atoms with E-state index in [9.17, 15) is 0 Å². The highest BCUT2D eigenvalue weighted by Crippen LogP contribution is 2.39. The summed E-state index contributed by atoms with van der Waals surface area (Å²) in [6.07, 6.45) is 0. The lowest BCUT2D eigenvalue weighted by Gasteiger charge is -2.27. The molecule has 0 heterocycles. The minimum Gasteiger partial charge on any atom is -0.310 e. The second-order valence-electron chi connectivity index (χ2n) is 9.93. The van der Waals surface area contributed by atoms with Crippen molar-refractivity contribution in [2.45, 2.75) is 0 Å². The van der Waals surface area contributed by atoms with Crippen molar-refractivity contribution in [3.05, 3.63) is 162 Å². The van der Waals surface area contributed by atoms with Crippen molar-refractivity contribution in [3.63, 3.8) is 0 Å². The van der Waals surface area contributed by atoms with Gasteiger partial charge < -0.3 is 4.90 Å². The average molecular weight is 577 g/mol. The Bertz CT molecular complexity index is 1940. The quantitative estimate of drug-likeness (QED) is 0.197. The van der Waals surface area contributed by atoms with Gasteiger partial charge in [0.15, 0.2) is 0 Å². The van der Waals surface area contributed by atoms with Crippen molar-refractivity contribution in [1.29, 1.82) is 0 Å². The molecule has 0 aliphatic heterocycles. The molecule has 7 rings (SSSR count). The Balaban J connectivity index is 1.25. The van der Waals surface area contributed by atoms with Gasteiger partial charge in [-0.15, -0.1) is 0 Å². The number of anilines is 3. The Kier molecular flexibility index (Phi) is 6.39. The van der Waals surface area contributed by atoms with E-state index in [2.05, 4.69) is 179 Å². The van der Waals surface area contributed by atoms with Crippen molar-refractivity contribution in [3.8, 4) is 22.3 Å². The van der Waals surface area contributed by atoms with E-state index in [0.29, 0.717) is 0 Å². The lowest BCUT2D eigenvalue weighted by Crippen LogP contribution is -2.10. The highest BCUT2D eigenvalue weighted by molar-refractivity contribution is 9.10. The molecule has 0 aromatic heterocycles. The van der Waals surface area contributed by atoms with E-state index >= 15 is 0 Å². The van der Waals surface area contributed by atoms with Gasteiger partial charge in [0, 0.05) is 21.2 Å². The molecule has 0 saturated heterocycles. The van der Waals surface area contributed by atoms with E-state index < -0.39 is 0 Å². The fourth-order valence-electron chi connectivity index (χ4n) is 5.58. The third kappa shape index (κ3) is 4.47. The van der Waals surface area contributed by atoms with E-state index in [1.807, 2.05) is 0 Å². The smallest absolute Gasteiger partial charge is 0.0540 e. The van der Waals surface area contributed by atoms with E-state index in [0.717, 1.165) is 15.8 Å². The Morgan fingerprint density at radius 1 is 0.375 bits per heavy atom. The van der Waals surface area contributed by atoms with Crippen molar-refractivity contribution in [2.24, 2.45) is 0 Å². The predicted molar refractivity (Wildman–Crippen MR) is 175 cm³/mol. The summed E-state index contributed by atoms with van der Waals surface area (Å²) in [4.78, 5) is 2.34. The normalized spacial score (nSPS) is 11.1. The monoisotopic (exact) mass is 575 g/mol. The predicted octanol–water partition coefficient (Wildman–Crippen LogP) is 11.6. The molecule has 0 aliphatic rings. The number of fused-ring (bicyclic) bond motifs is 2. The molecule has 0 amide bonds. The second-order valence-corrected chi connectivity index (χ2v) is 10.8. The number of hydrogen-bond acceptors (Lipinski definition) is 1. The molecule has 190 valence electrons. The number of hydrogen-bond donors (Lipinski definition) is 0. The Hall–Kier alpha value is -4.66. The van der Waals surface area contributed by atoms with Gasteiger partial charge in [-0.05, 0) is 74.8 Å². The second kappa shape index (κ2) is 10.5. The molecule has 0 atom stereocenters. The van der Waals surface area contributed by atoms with Gasteiger partial charge in [0.1, 0.15) is 0 Å². The van der Waals surface area contributed by atoms with Gasteiger partial charge in [-0.3, -0.25) is 0 Å². The maximum Gasteiger partial charge on any atom is 0.0540 e. The molecule has 2 heteroatoms. The first kappa shape index (κ1) is 24.4. The first-order valence-electron chi connectivity index (χ1n) is 13.5. The summed E-state index contributed by atoms with van der Waals surface area (Å²) in [6, 6.07) is 56.3. The van der Waals surface area contributed by atoms with Crippen LogP contribution in [0.15, 0.2) is 162 Å². The molecule has 0 saturated carbocycles. The Morgan fingerprint density at radius 2 is 0.925 bits per heavy atom. The van der Waals surface area contributed by atoms with Gasteiger partial charge in [0.2, 0.25) is 0 Å². The van der Waals surface area contributed by atoms with E-state index in [4.69, 9.17) is 0 Å². The fraction of sp³-hybridized carbons (Fsp3) is 0. The molecule has 0 unspecified atom stereocenters. The van der Waals surface area contributed by atoms with Crippen LogP contribution < -0.4 is 4.90 Å². The Morgan fingerprint density at radius 3 is 1.73 bits per heavy atom. The third-order valence-corrected chi connectivity index (χ3v) is 8.24. The van der Waals surface area contributed by atoms with Crippen LogP contribution in [0.2, 0.25) is 0 Å². The van der Waals surface area contributed by atoms with Gasteiger partial charge in [0.25, 0.3) is 0 Å². The van der Waals surface area contributed by atoms with Crippen LogP contribution in [0.5, 0.6) is 0 Å². The van der Waals surface area contributed by atoms with Gasteiger partial charge in [-0.1, -0.05) is 137 Å². The molecular weight excluding hydrogens is 550 g/mol. The molecule has 0 bridgehead atoms. The topological polar surface area (TPSA) is 3.24 Å². The van der Waals surface area contributed by atoms with Crippen LogP contribution in [0.25, 0.3) is 43.8 Å². The molecule has 7 aromatic rings. The van der Waals surface area contributed by atoms with Crippen LogP contribution in [0, 0.1) is 0 Å². The van der Waals surface area contributed by atoms with Crippen molar-refractivity contribution < 1.29 is 0 Å². The summed E-state index contributed by atoms with van der Waals surface area (Å²) < 4.78 is 1.12. The maximum atomic E-state index is 3.70. The summed E-state index contributed by atoms with van der Waals surface area (Å²) in [5.74, 6) is 0. The highest BCUT2D eigenvalue weighted by atomic mass is 79.9. The van der Waals surface area contributed by atoms with Crippen LogP contribution in [0.3, 0.4) is 0 Å². The van der Waals surface area contributed by atoms with Gasteiger partial charge >= 0.3 is 0 Å². The highest BCUT2D eigenvalue weighted by Gasteiger charge is 2.15. The molecule has 0 spiro atoms. The lowest BCUT2D eigenvalue weighted by atomic mass is 9.96. The van der Waals surface area contributed by atoms with Gasteiger partial charge in [-0.2, -0.15) is 0 Å². The van der Waals surface area contributed by atoms with Crippen molar-refractivity contribution in [2.75, 3.05) is 4.90 Å². The third-order valence-electron chi connectivity index (χ3n) is 7.55. The number of para-hydroxylation sites is 1. The first-order valence-corrected chi connectivity index (χ1v) is 14.3. The van der Waals surface area contributed by atoms with Crippen LogP contribution in [0.4, 0.5) is 17.1 Å². The maximum absolute atomic E-state index is 3.70. The van der Waals surface area contributed by atoms with Crippen molar-refractivity contribution in [1.82, 2.24) is 0 Å². The zero-order chi connectivity index (χ0) is 26.9. The minimum atomic E-state index is 1.12. The van der Waals surface area contributed by atoms with Crippen LogP contribution in [-0.2, 0) is 0 Å². The van der Waals surface area contributed by atoms with Crippen LogP contribution in [0.1, 0.15) is 0 Å². The Labute approximate surface area is 243 Å². The zero-order valence-corrected chi connectivity index (χ0v) is 23.4. The molecule has 1 nitrogen and oxygen atoms in total. The number of rotatable bonds is 5. The molecular formula is C38H26BrN.